The fraction of sp³-hybridized carbons (Fsp3) is 0.529. The third-order valence-electron chi connectivity index (χ3n) is 4.59. The highest BCUT2D eigenvalue weighted by Gasteiger charge is 2.26. The van der Waals surface area contributed by atoms with Gasteiger partial charge in [-0.2, -0.15) is 0 Å². The Kier molecular flexibility index (Phi) is 4.78. The summed E-state index contributed by atoms with van der Waals surface area (Å²) in [5.41, 5.74) is 6.28. The second-order valence-corrected chi connectivity index (χ2v) is 6.24. The highest BCUT2D eigenvalue weighted by atomic mass is 16.6. The number of amides is 3. The van der Waals surface area contributed by atoms with Crippen molar-refractivity contribution < 1.29 is 19.1 Å². The van der Waals surface area contributed by atoms with Gasteiger partial charge in [-0.15, -0.1) is 0 Å². The number of carbonyl (C=O) groups excluding carboxylic acids is 2. The average molecular weight is 333 g/mol. The van der Waals surface area contributed by atoms with Gasteiger partial charge in [-0.3, -0.25) is 4.79 Å². The minimum Gasteiger partial charge on any atom is -0.486 e. The lowest BCUT2D eigenvalue weighted by Gasteiger charge is -2.31. The van der Waals surface area contributed by atoms with Crippen LogP contribution in [0.2, 0.25) is 0 Å². The molecule has 0 unspecified atom stereocenters. The largest absolute Gasteiger partial charge is 0.486 e. The van der Waals surface area contributed by atoms with Gasteiger partial charge in [-0.1, -0.05) is 6.07 Å². The number of fused-ring (bicyclic) bond motifs is 1. The first-order chi connectivity index (χ1) is 11.5. The number of urea groups is 1. The molecule has 3 N–H and O–H groups in total. The highest BCUT2D eigenvalue weighted by molar-refractivity contribution is 5.78. The van der Waals surface area contributed by atoms with Crippen LogP contribution >= 0.6 is 0 Å². The summed E-state index contributed by atoms with van der Waals surface area (Å²) >= 11 is 0. The Labute approximate surface area is 141 Å². The first-order valence-electron chi connectivity index (χ1n) is 8.29. The Morgan fingerprint density at radius 3 is 2.54 bits per heavy atom. The molecule has 1 aromatic carbocycles. The van der Waals surface area contributed by atoms with Gasteiger partial charge in [0.1, 0.15) is 13.2 Å². The molecule has 2 heterocycles. The van der Waals surface area contributed by atoms with E-state index in [9.17, 15) is 9.59 Å². The van der Waals surface area contributed by atoms with E-state index in [0.29, 0.717) is 44.9 Å². The molecular formula is C17H23N3O4. The zero-order valence-electron chi connectivity index (χ0n) is 13.8. The Balaban J connectivity index is 1.57. The summed E-state index contributed by atoms with van der Waals surface area (Å²) in [4.78, 5) is 25.3. The van der Waals surface area contributed by atoms with Crippen LogP contribution in [-0.2, 0) is 4.79 Å². The minimum absolute atomic E-state index is 0.121. The number of ether oxygens (including phenoxy) is 2. The lowest BCUT2D eigenvalue weighted by Crippen LogP contribution is -2.46. The summed E-state index contributed by atoms with van der Waals surface area (Å²) in [5, 5.41) is 2.99. The van der Waals surface area contributed by atoms with Gasteiger partial charge in [-0.25, -0.2) is 4.79 Å². The van der Waals surface area contributed by atoms with Crippen molar-refractivity contribution in [1.82, 2.24) is 10.2 Å². The summed E-state index contributed by atoms with van der Waals surface area (Å²) in [7, 11) is 0. The highest BCUT2D eigenvalue weighted by Crippen LogP contribution is 2.32. The first-order valence-corrected chi connectivity index (χ1v) is 8.29. The van der Waals surface area contributed by atoms with Gasteiger partial charge in [0.2, 0.25) is 5.91 Å². The average Bonchev–Trinajstić information content (AvgIpc) is 2.61. The quantitative estimate of drug-likeness (QED) is 0.875. The normalized spacial score (nSPS) is 18.8. The van der Waals surface area contributed by atoms with Crippen molar-refractivity contribution in [3.8, 4) is 11.5 Å². The van der Waals surface area contributed by atoms with E-state index in [-0.39, 0.29) is 23.9 Å². The van der Waals surface area contributed by atoms with Crippen molar-refractivity contribution in [3.05, 3.63) is 23.8 Å². The minimum atomic E-state index is -0.278. The molecule has 7 heteroatoms. The van der Waals surface area contributed by atoms with E-state index in [1.165, 1.54) is 0 Å². The maximum atomic E-state index is 12.4. The van der Waals surface area contributed by atoms with Gasteiger partial charge in [0, 0.05) is 19.0 Å². The molecular weight excluding hydrogens is 310 g/mol. The number of rotatable bonds is 3. The fourth-order valence-electron chi connectivity index (χ4n) is 3.06. The molecule has 1 fully saturated rings. The number of nitrogens with two attached hydrogens (primary N) is 1. The Bertz CT molecular complexity index is 626. The smallest absolute Gasteiger partial charge is 0.317 e. The molecule has 0 bridgehead atoms. The van der Waals surface area contributed by atoms with Crippen LogP contribution in [0.15, 0.2) is 18.2 Å². The molecule has 7 nitrogen and oxygen atoms in total. The molecule has 1 aromatic rings. The number of nitrogens with one attached hydrogen (secondary N) is 1. The zero-order chi connectivity index (χ0) is 17.1. The number of hydrogen-bond donors (Lipinski definition) is 2. The number of likely N-dealkylation sites (tertiary alicyclic amines) is 1. The number of hydrogen-bond acceptors (Lipinski definition) is 4. The second-order valence-electron chi connectivity index (χ2n) is 6.24. The van der Waals surface area contributed by atoms with Crippen molar-refractivity contribution >= 4 is 11.9 Å². The summed E-state index contributed by atoms with van der Waals surface area (Å²) in [6.07, 6.45) is 1.25. The van der Waals surface area contributed by atoms with Crippen LogP contribution < -0.4 is 20.5 Å². The number of piperidine rings is 1. The van der Waals surface area contributed by atoms with Crippen molar-refractivity contribution in [2.24, 2.45) is 11.7 Å². The van der Waals surface area contributed by atoms with Crippen LogP contribution in [0.25, 0.3) is 0 Å². The molecule has 3 amide bonds. The third-order valence-corrected chi connectivity index (χ3v) is 4.59. The van der Waals surface area contributed by atoms with Crippen LogP contribution in [0.3, 0.4) is 0 Å². The van der Waals surface area contributed by atoms with Crippen molar-refractivity contribution in [2.45, 2.75) is 25.8 Å². The molecule has 24 heavy (non-hydrogen) atoms. The number of primary amides is 1. The topological polar surface area (TPSA) is 93.9 Å². The maximum Gasteiger partial charge on any atom is 0.317 e. The van der Waals surface area contributed by atoms with E-state index in [4.69, 9.17) is 15.2 Å². The predicted octanol–water partition coefficient (Wildman–Crippen LogP) is 1.43. The summed E-state index contributed by atoms with van der Waals surface area (Å²) in [6.45, 7) is 4.12. The van der Waals surface area contributed by atoms with E-state index in [2.05, 4.69) is 5.32 Å². The SMILES string of the molecule is C[C@H](NC(=O)N1CCC(C(N)=O)CC1)c1ccc2c(c1)OCCO2. The first kappa shape index (κ1) is 16.4. The maximum absolute atomic E-state index is 12.4. The Morgan fingerprint density at radius 1 is 1.21 bits per heavy atom. The Morgan fingerprint density at radius 2 is 1.88 bits per heavy atom. The van der Waals surface area contributed by atoms with E-state index in [0.717, 1.165) is 11.3 Å². The number of benzene rings is 1. The molecule has 0 aliphatic carbocycles. The van der Waals surface area contributed by atoms with Gasteiger partial charge in [-0.05, 0) is 37.5 Å². The predicted molar refractivity (Wildman–Crippen MR) is 87.9 cm³/mol. The van der Waals surface area contributed by atoms with E-state index < -0.39 is 0 Å². The molecule has 2 aliphatic rings. The number of carbonyl (C=O) groups is 2. The van der Waals surface area contributed by atoms with Gasteiger partial charge >= 0.3 is 6.03 Å². The molecule has 1 atom stereocenters. The fourth-order valence-corrected chi connectivity index (χ4v) is 3.06. The van der Waals surface area contributed by atoms with Crippen LogP contribution in [0.1, 0.15) is 31.4 Å². The van der Waals surface area contributed by atoms with E-state index in [1.54, 1.807) is 4.90 Å². The van der Waals surface area contributed by atoms with Crippen molar-refractivity contribution in [2.75, 3.05) is 26.3 Å². The van der Waals surface area contributed by atoms with Crippen LogP contribution in [-0.4, -0.2) is 43.1 Å². The van der Waals surface area contributed by atoms with Crippen LogP contribution in [0.4, 0.5) is 4.79 Å². The van der Waals surface area contributed by atoms with Gasteiger partial charge in [0.25, 0.3) is 0 Å². The van der Waals surface area contributed by atoms with Crippen molar-refractivity contribution in [3.63, 3.8) is 0 Å². The zero-order valence-corrected chi connectivity index (χ0v) is 13.8. The van der Waals surface area contributed by atoms with Crippen molar-refractivity contribution in [1.29, 1.82) is 0 Å². The summed E-state index contributed by atoms with van der Waals surface area (Å²) < 4.78 is 11.1. The lowest BCUT2D eigenvalue weighted by molar-refractivity contribution is -0.123. The van der Waals surface area contributed by atoms with E-state index in [1.807, 2.05) is 25.1 Å². The molecule has 130 valence electrons. The summed E-state index contributed by atoms with van der Waals surface area (Å²) in [5.74, 6) is 1.04. The molecule has 2 aliphatic heterocycles. The molecule has 3 rings (SSSR count). The third kappa shape index (κ3) is 3.55. The van der Waals surface area contributed by atoms with Crippen LogP contribution in [0.5, 0.6) is 11.5 Å². The molecule has 0 saturated carbocycles. The van der Waals surface area contributed by atoms with Crippen LogP contribution in [0, 0.1) is 5.92 Å². The van der Waals surface area contributed by atoms with Gasteiger partial charge in [0.05, 0.1) is 6.04 Å². The second kappa shape index (κ2) is 6.98. The molecule has 0 aromatic heterocycles. The Hall–Kier alpha value is -2.44. The lowest BCUT2D eigenvalue weighted by atomic mass is 9.96. The number of nitrogens with zero attached hydrogens (tertiary/aromatic N) is 1. The standard InChI is InChI=1S/C17H23N3O4/c1-11(13-2-3-14-15(10-13)24-9-8-23-14)19-17(22)20-6-4-12(5-7-20)16(18)21/h2-3,10-12H,4-9H2,1H3,(H2,18,21)(H,19,22)/t11-/m0/s1. The van der Waals surface area contributed by atoms with Gasteiger partial charge < -0.3 is 25.4 Å². The molecule has 0 radical (unpaired) electrons. The molecule has 0 spiro atoms. The summed E-state index contributed by atoms with van der Waals surface area (Å²) in [6, 6.07) is 5.42. The molecule has 1 saturated heterocycles. The van der Waals surface area contributed by atoms with E-state index >= 15 is 0 Å². The van der Waals surface area contributed by atoms with Gasteiger partial charge in [0.15, 0.2) is 11.5 Å². The monoisotopic (exact) mass is 333 g/mol.